The van der Waals surface area contributed by atoms with Crippen molar-refractivity contribution in [3.63, 3.8) is 0 Å². The molecule has 0 amide bonds. The van der Waals surface area contributed by atoms with Gasteiger partial charge in [-0.3, -0.25) is 4.98 Å². The van der Waals surface area contributed by atoms with Gasteiger partial charge >= 0.3 is 0 Å². The highest BCUT2D eigenvalue weighted by molar-refractivity contribution is 5.73. The lowest BCUT2D eigenvalue weighted by atomic mass is 10.1. The van der Waals surface area contributed by atoms with Gasteiger partial charge in [0, 0.05) is 17.5 Å². The molecule has 0 aliphatic carbocycles. The molecule has 0 aromatic carbocycles. The van der Waals surface area contributed by atoms with Crippen LogP contribution in [-0.2, 0) is 0 Å². The molecule has 2 aromatic heterocycles. The lowest BCUT2D eigenvalue weighted by molar-refractivity contribution is 1.19. The number of aryl methyl sites for hydroxylation is 1. The first-order valence-corrected chi connectivity index (χ1v) is 4.81. The highest BCUT2D eigenvalue weighted by Gasteiger charge is 2.11. The van der Waals surface area contributed by atoms with Crippen molar-refractivity contribution < 1.29 is 0 Å². The van der Waals surface area contributed by atoms with E-state index in [-0.39, 0.29) is 5.82 Å². The van der Waals surface area contributed by atoms with Crippen LogP contribution in [0.4, 0.5) is 5.82 Å². The predicted octanol–water partition coefficient (Wildman–Crippen LogP) is 1.91. The van der Waals surface area contributed by atoms with Crippen LogP contribution < -0.4 is 5.73 Å². The van der Waals surface area contributed by atoms with Crippen LogP contribution in [0.15, 0.2) is 30.5 Å². The molecular weight excluding hydrogens is 200 g/mol. The van der Waals surface area contributed by atoms with Gasteiger partial charge in [0.1, 0.15) is 17.5 Å². The van der Waals surface area contributed by atoms with Crippen LogP contribution in [0.5, 0.6) is 0 Å². The Morgan fingerprint density at radius 3 is 2.81 bits per heavy atom. The summed E-state index contributed by atoms with van der Waals surface area (Å²) < 4.78 is 0. The van der Waals surface area contributed by atoms with Gasteiger partial charge in [0.05, 0.1) is 5.69 Å². The first kappa shape index (κ1) is 10.1. The molecule has 16 heavy (non-hydrogen) atoms. The smallest absolute Gasteiger partial charge is 0.142 e. The van der Waals surface area contributed by atoms with Gasteiger partial charge in [-0.1, -0.05) is 6.07 Å². The molecule has 0 bridgehead atoms. The Morgan fingerprint density at radius 1 is 1.38 bits per heavy atom. The van der Waals surface area contributed by atoms with E-state index in [4.69, 9.17) is 11.0 Å². The van der Waals surface area contributed by atoms with Crippen molar-refractivity contribution in [2.24, 2.45) is 0 Å². The number of nitrogen functional groups attached to an aromatic ring is 1. The maximum Gasteiger partial charge on any atom is 0.142 e. The van der Waals surface area contributed by atoms with Crippen LogP contribution in [0.2, 0.25) is 0 Å². The highest BCUT2D eigenvalue weighted by atomic mass is 14.8. The summed E-state index contributed by atoms with van der Waals surface area (Å²) >= 11 is 0. The number of nitrogens with two attached hydrogens (primary N) is 1. The van der Waals surface area contributed by atoms with E-state index in [0.717, 1.165) is 17.0 Å². The molecule has 2 N–H and O–H groups in total. The second kappa shape index (κ2) is 3.99. The topological polar surface area (TPSA) is 75.6 Å². The van der Waals surface area contributed by atoms with E-state index in [1.54, 1.807) is 6.20 Å². The Balaban J connectivity index is 2.70. The quantitative estimate of drug-likeness (QED) is 0.780. The fourth-order valence-corrected chi connectivity index (χ4v) is 1.54. The van der Waals surface area contributed by atoms with E-state index < -0.39 is 0 Å². The molecular formula is C12H10N4. The fraction of sp³-hybridized carbons (Fsp3) is 0.0833. The summed E-state index contributed by atoms with van der Waals surface area (Å²) in [6.07, 6.45) is 1.68. The number of nitrogens with zero attached hydrogens (tertiary/aromatic N) is 3. The number of anilines is 1. The molecule has 0 saturated heterocycles. The van der Waals surface area contributed by atoms with Crippen LogP contribution in [-0.4, -0.2) is 9.97 Å². The maximum absolute atomic E-state index is 9.05. The third-order valence-corrected chi connectivity index (χ3v) is 2.23. The number of rotatable bonds is 1. The largest absolute Gasteiger partial charge is 0.383 e. The molecule has 2 rings (SSSR count). The summed E-state index contributed by atoms with van der Waals surface area (Å²) in [6, 6.07) is 9.42. The van der Waals surface area contributed by atoms with Crippen molar-refractivity contribution in [2.45, 2.75) is 6.92 Å². The van der Waals surface area contributed by atoms with Crippen LogP contribution in [0.3, 0.4) is 0 Å². The van der Waals surface area contributed by atoms with Crippen LogP contribution in [0.1, 0.15) is 11.3 Å². The molecule has 0 fully saturated rings. The van der Waals surface area contributed by atoms with E-state index in [2.05, 4.69) is 16.0 Å². The number of hydrogen-bond acceptors (Lipinski definition) is 4. The SMILES string of the molecule is Cc1cc(-c2ccccn2)c(C#N)c(N)n1. The van der Waals surface area contributed by atoms with Gasteiger partial charge in [-0.05, 0) is 25.1 Å². The third kappa shape index (κ3) is 1.71. The second-order valence-corrected chi connectivity index (χ2v) is 3.40. The lowest BCUT2D eigenvalue weighted by Gasteiger charge is -2.06. The van der Waals surface area contributed by atoms with E-state index >= 15 is 0 Å². The molecule has 0 saturated carbocycles. The van der Waals surface area contributed by atoms with Gasteiger partial charge in [0.2, 0.25) is 0 Å². The lowest BCUT2D eigenvalue weighted by Crippen LogP contribution is -1.99. The molecule has 0 aliphatic rings. The van der Waals surface area contributed by atoms with Gasteiger partial charge in [-0.15, -0.1) is 0 Å². The molecule has 2 aromatic rings. The molecule has 78 valence electrons. The summed E-state index contributed by atoms with van der Waals surface area (Å²) in [4.78, 5) is 8.26. The van der Waals surface area contributed by atoms with Gasteiger partial charge < -0.3 is 5.73 Å². The minimum absolute atomic E-state index is 0.253. The molecule has 0 radical (unpaired) electrons. The predicted molar refractivity (Wildman–Crippen MR) is 61.3 cm³/mol. The molecule has 0 unspecified atom stereocenters. The molecule has 0 atom stereocenters. The minimum atomic E-state index is 0.253. The Morgan fingerprint density at radius 2 is 2.19 bits per heavy atom. The Hall–Kier alpha value is -2.41. The van der Waals surface area contributed by atoms with Crippen LogP contribution >= 0.6 is 0 Å². The Labute approximate surface area is 93.4 Å². The molecule has 0 aliphatic heterocycles. The van der Waals surface area contributed by atoms with E-state index in [0.29, 0.717) is 5.56 Å². The van der Waals surface area contributed by atoms with Crippen molar-refractivity contribution in [3.8, 4) is 17.3 Å². The maximum atomic E-state index is 9.05. The Kier molecular flexibility index (Phi) is 2.52. The van der Waals surface area contributed by atoms with Crippen molar-refractivity contribution in [3.05, 3.63) is 41.7 Å². The third-order valence-electron chi connectivity index (χ3n) is 2.23. The van der Waals surface area contributed by atoms with Crippen molar-refractivity contribution in [1.82, 2.24) is 9.97 Å². The van der Waals surface area contributed by atoms with E-state index in [1.165, 1.54) is 0 Å². The van der Waals surface area contributed by atoms with Crippen LogP contribution in [0, 0.1) is 18.3 Å². The molecule has 2 heterocycles. The van der Waals surface area contributed by atoms with Gasteiger partial charge in [-0.2, -0.15) is 5.26 Å². The monoisotopic (exact) mass is 210 g/mol. The number of aromatic nitrogens is 2. The van der Waals surface area contributed by atoms with Gasteiger partial charge in [0.25, 0.3) is 0 Å². The van der Waals surface area contributed by atoms with Crippen molar-refractivity contribution in [2.75, 3.05) is 5.73 Å². The minimum Gasteiger partial charge on any atom is -0.383 e. The molecule has 0 spiro atoms. The zero-order valence-electron chi connectivity index (χ0n) is 8.81. The standard InChI is InChI=1S/C12H10N4/c1-8-6-9(10(7-13)12(14)16-8)11-4-2-3-5-15-11/h2-6H,1H3,(H2,14,16). The first-order chi connectivity index (χ1) is 7.72. The zero-order valence-corrected chi connectivity index (χ0v) is 8.81. The number of hydrogen-bond donors (Lipinski definition) is 1. The van der Waals surface area contributed by atoms with Crippen molar-refractivity contribution >= 4 is 5.82 Å². The highest BCUT2D eigenvalue weighted by Crippen LogP contribution is 2.25. The van der Waals surface area contributed by atoms with E-state index in [1.807, 2.05) is 31.2 Å². The van der Waals surface area contributed by atoms with Gasteiger partial charge in [0.15, 0.2) is 0 Å². The summed E-state index contributed by atoms with van der Waals surface area (Å²) in [5.41, 5.74) is 8.33. The normalized spacial score (nSPS) is 9.75. The number of nitriles is 1. The van der Waals surface area contributed by atoms with Gasteiger partial charge in [-0.25, -0.2) is 4.98 Å². The summed E-state index contributed by atoms with van der Waals surface area (Å²) in [6.45, 7) is 1.84. The Bertz CT molecular complexity index is 555. The average Bonchev–Trinajstić information content (AvgIpc) is 2.29. The zero-order chi connectivity index (χ0) is 11.5. The molecule has 4 heteroatoms. The summed E-state index contributed by atoms with van der Waals surface area (Å²) in [7, 11) is 0. The summed E-state index contributed by atoms with van der Waals surface area (Å²) in [5, 5.41) is 9.05. The van der Waals surface area contributed by atoms with Crippen LogP contribution in [0.25, 0.3) is 11.3 Å². The summed E-state index contributed by atoms with van der Waals surface area (Å²) in [5.74, 6) is 0.253. The van der Waals surface area contributed by atoms with Crippen molar-refractivity contribution in [1.29, 1.82) is 5.26 Å². The number of pyridine rings is 2. The fourth-order valence-electron chi connectivity index (χ4n) is 1.54. The average molecular weight is 210 g/mol. The second-order valence-electron chi connectivity index (χ2n) is 3.40. The van der Waals surface area contributed by atoms with E-state index in [9.17, 15) is 0 Å². The first-order valence-electron chi connectivity index (χ1n) is 4.81. The molecule has 4 nitrogen and oxygen atoms in total.